The molecule has 0 fully saturated rings. The summed E-state index contributed by atoms with van der Waals surface area (Å²) in [6.07, 6.45) is 0. The van der Waals surface area contributed by atoms with Crippen LogP contribution in [0, 0.1) is 22.9 Å². The van der Waals surface area contributed by atoms with E-state index in [1.807, 2.05) is 0 Å². The van der Waals surface area contributed by atoms with Crippen molar-refractivity contribution in [2.75, 3.05) is 5.73 Å². The fourth-order valence-electron chi connectivity index (χ4n) is 1.36. The Morgan fingerprint density at radius 3 is 2.71 bits per heavy atom. The highest BCUT2D eigenvalue weighted by molar-refractivity contribution is 5.45. The molecule has 2 rings (SSSR count). The van der Waals surface area contributed by atoms with Gasteiger partial charge in [-0.15, -0.1) is 5.10 Å². The molecule has 2 aromatic rings. The molecule has 1 aromatic carbocycles. The topological polar surface area (TPSA) is 99.9 Å². The summed E-state index contributed by atoms with van der Waals surface area (Å²) in [7, 11) is 0. The van der Waals surface area contributed by atoms with Crippen LogP contribution in [0.3, 0.4) is 0 Å². The lowest BCUT2D eigenvalue weighted by atomic mass is 10.2. The summed E-state index contributed by atoms with van der Waals surface area (Å²) in [5, 5.41) is 17.8. The summed E-state index contributed by atoms with van der Waals surface area (Å²) in [6, 6.07) is 3.46. The van der Waals surface area contributed by atoms with Crippen LogP contribution in [0.15, 0.2) is 18.2 Å². The lowest BCUT2D eigenvalue weighted by Gasteiger charge is -2.03. The molecule has 1 aromatic heterocycles. The van der Waals surface area contributed by atoms with Crippen molar-refractivity contribution in [3.05, 3.63) is 39.8 Å². The fraction of sp³-hybridized carbons (Fsp3) is 0.111. The number of hydrogen-bond acceptors (Lipinski definition) is 5. The minimum Gasteiger partial charge on any atom is -0.381 e. The number of nitro groups is 1. The standard InChI is InChI=1S/C9H8FN5O2/c1-5-9(11)12-13-14(5)6-2-3-8(15(16)17)7(10)4-6/h2-4H,11H2,1H3. The van der Waals surface area contributed by atoms with Crippen LogP contribution in [-0.4, -0.2) is 19.9 Å². The van der Waals surface area contributed by atoms with Gasteiger partial charge in [-0.3, -0.25) is 10.1 Å². The van der Waals surface area contributed by atoms with Crippen molar-refractivity contribution in [1.82, 2.24) is 15.0 Å². The van der Waals surface area contributed by atoms with Crippen LogP contribution in [0.1, 0.15) is 5.69 Å². The Kier molecular flexibility index (Phi) is 2.47. The first-order chi connectivity index (χ1) is 8.00. The summed E-state index contributed by atoms with van der Waals surface area (Å²) in [5.74, 6) is -0.704. The summed E-state index contributed by atoms with van der Waals surface area (Å²) in [5.41, 5.74) is 5.78. The highest BCUT2D eigenvalue weighted by Gasteiger charge is 2.16. The fourth-order valence-corrected chi connectivity index (χ4v) is 1.36. The van der Waals surface area contributed by atoms with E-state index in [2.05, 4.69) is 10.3 Å². The van der Waals surface area contributed by atoms with Crippen molar-refractivity contribution < 1.29 is 9.31 Å². The number of benzene rings is 1. The molecular weight excluding hydrogens is 229 g/mol. The molecule has 0 saturated heterocycles. The van der Waals surface area contributed by atoms with Crippen LogP contribution >= 0.6 is 0 Å². The van der Waals surface area contributed by atoms with E-state index in [0.717, 1.165) is 12.1 Å². The molecule has 8 heteroatoms. The quantitative estimate of drug-likeness (QED) is 0.624. The Balaban J connectivity index is 2.52. The van der Waals surface area contributed by atoms with E-state index in [0.29, 0.717) is 11.4 Å². The molecule has 0 spiro atoms. The second-order valence-corrected chi connectivity index (χ2v) is 3.36. The van der Waals surface area contributed by atoms with Crippen molar-refractivity contribution in [2.24, 2.45) is 0 Å². The Bertz CT molecular complexity index is 595. The number of nitro benzene ring substituents is 1. The van der Waals surface area contributed by atoms with Gasteiger partial charge in [0.1, 0.15) is 0 Å². The Labute approximate surface area is 94.8 Å². The maximum atomic E-state index is 13.4. The molecule has 0 aliphatic carbocycles. The lowest BCUT2D eigenvalue weighted by molar-refractivity contribution is -0.387. The Morgan fingerprint density at radius 1 is 1.53 bits per heavy atom. The molecule has 0 amide bonds. The maximum Gasteiger partial charge on any atom is 0.304 e. The van der Waals surface area contributed by atoms with Gasteiger partial charge in [0.25, 0.3) is 0 Å². The lowest BCUT2D eigenvalue weighted by Crippen LogP contribution is -2.01. The van der Waals surface area contributed by atoms with Crippen molar-refractivity contribution in [3.8, 4) is 5.69 Å². The third-order valence-electron chi connectivity index (χ3n) is 2.30. The number of aromatic nitrogens is 3. The highest BCUT2D eigenvalue weighted by Crippen LogP contribution is 2.21. The van der Waals surface area contributed by atoms with Crippen LogP contribution in [0.5, 0.6) is 0 Å². The van der Waals surface area contributed by atoms with E-state index in [-0.39, 0.29) is 5.82 Å². The van der Waals surface area contributed by atoms with E-state index in [1.165, 1.54) is 10.7 Å². The molecule has 17 heavy (non-hydrogen) atoms. The highest BCUT2D eigenvalue weighted by atomic mass is 19.1. The van der Waals surface area contributed by atoms with Crippen molar-refractivity contribution in [3.63, 3.8) is 0 Å². The molecule has 7 nitrogen and oxygen atoms in total. The molecule has 0 aliphatic heterocycles. The summed E-state index contributed by atoms with van der Waals surface area (Å²) >= 11 is 0. The Morgan fingerprint density at radius 2 is 2.24 bits per heavy atom. The van der Waals surface area contributed by atoms with Crippen molar-refractivity contribution >= 4 is 11.5 Å². The summed E-state index contributed by atoms with van der Waals surface area (Å²) in [6.45, 7) is 1.66. The zero-order chi connectivity index (χ0) is 12.6. The van der Waals surface area contributed by atoms with Gasteiger partial charge in [0.2, 0.25) is 5.82 Å². The molecule has 1 heterocycles. The van der Waals surface area contributed by atoms with E-state index in [4.69, 9.17) is 5.73 Å². The third-order valence-corrected chi connectivity index (χ3v) is 2.30. The number of hydrogen-bond donors (Lipinski definition) is 1. The second kappa shape index (κ2) is 3.81. The maximum absolute atomic E-state index is 13.4. The van der Waals surface area contributed by atoms with Gasteiger partial charge >= 0.3 is 5.69 Å². The van der Waals surface area contributed by atoms with Gasteiger partial charge in [0.05, 0.1) is 16.3 Å². The van der Waals surface area contributed by atoms with Crippen LogP contribution in [-0.2, 0) is 0 Å². The number of nitrogen functional groups attached to an aromatic ring is 1. The van der Waals surface area contributed by atoms with Crippen LogP contribution in [0.2, 0.25) is 0 Å². The Hall–Kier alpha value is -2.51. The van der Waals surface area contributed by atoms with Gasteiger partial charge in [0, 0.05) is 12.1 Å². The largest absolute Gasteiger partial charge is 0.381 e. The van der Waals surface area contributed by atoms with Gasteiger partial charge in [-0.25, -0.2) is 4.68 Å². The van der Waals surface area contributed by atoms with Crippen LogP contribution < -0.4 is 5.73 Å². The van der Waals surface area contributed by atoms with Gasteiger partial charge in [-0.05, 0) is 13.0 Å². The molecule has 0 aliphatic rings. The zero-order valence-corrected chi connectivity index (χ0v) is 8.79. The minimum absolute atomic E-state index is 0.226. The zero-order valence-electron chi connectivity index (χ0n) is 8.79. The normalized spacial score (nSPS) is 10.5. The molecule has 88 valence electrons. The molecule has 0 saturated carbocycles. The first-order valence-electron chi connectivity index (χ1n) is 4.63. The predicted molar refractivity (Wildman–Crippen MR) is 57.1 cm³/mol. The number of anilines is 1. The molecular formula is C9H8FN5O2. The molecule has 2 N–H and O–H groups in total. The summed E-state index contributed by atoms with van der Waals surface area (Å²) in [4.78, 5) is 9.66. The second-order valence-electron chi connectivity index (χ2n) is 3.36. The first-order valence-corrected chi connectivity index (χ1v) is 4.63. The van der Waals surface area contributed by atoms with Gasteiger partial charge in [-0.1, -0.05) is 5.21 Å². The summed E-state index contributed by atoms with van der Waals surface area (Å²) < 4.78 is 14.7. The van der Waals surface area contributed by atoms with Crippen molar-refractivity contribution in [1.29, 1.82) is 0 Å². The first kappa shape index (κ1) is 11.0. The number of nitrogens with two attached hydrogens (primary N) is 1. The molecule has 0 bridgehead atoms. The van der Waals surface area contributed by atoms with Crippen molar-refractivity contribution in [2.45, 2.75) is 6.92 Å². The average molecular weight is 237 g/mol. The molecule has 0 radical (unpaired) electrons. The third kappa shape index (κ3) is 1.80. The number of rotatable bonds is 2. The van der Waals surface area contributed by atoms with E-state index >= 15 is 0 Å². The number of nitrogens with zero attached hydrogens (tertiary/aromatic N) is 4. The predicted octanol–water partition coefficient (Wildman–Crippen LogP) is 1.21. The monoisotopic (exact) mass is 237 g/mol. The number of halogens is 1. The van der Waals surface area contributed by atoms with E-state index < -0.39 is 16.4 Å². The molecule has 0 unspecified atom stereocenters. The van der Waals surface area contributed by atoms with E-state index in [1.54, 1.807) is 6.92 Å². The van der Waals surface area contributed by atoms with Gasteiger partial charge in [0.15, 0.2) is 5.82 Å². The smallest absolute Gasteiger partial charge is 0.304 e. The minimum atomic E-state index is -0.930. The van der Waals surface area contributed by atoms with Crippen LogP contribution in [0.25, 0.3) is 5.69 Å². The van der Waals surface area contributed by atoms with Gasteiger partial charge < -0.3 is 5.73 Å². The van der Waals surface area contributed by atoms with Crippen LogP contribution in [0.4, 0.5) is 15.9 Å². The average Bonchev–Trinajstić information content (AvgIpc) is 2.59. The SMILES string of the molecule is Cc1c(N)nnn1-c1ccc([N+](=O)[O-])c(F)c1. The molecule has 0 atom stereocenters. The van der Waals surface area contributed by atoms with E-state index in [9.17, 15) is 14.5 Å². The van der Waals surface area contributed by atoms with Gasteiger partial charge in [-0.2, -0.15) is 4.39 Å².